The number of fused-ring (bicyclic) bond motifs is 3. The van der Waals surface area contributed by atoms with Crippen LogP contribution in [0.25, 0.3) is 10.8 Å². The molecule has 12 nitrogen and oxygen atoms in total. The van der Waals surface area contributed by atoms with E-state index >= 15 is 0 Å². The third-order valence-corrected chi connectivity index (χ3v) is 12.6. The summed E-state index contributed by atoms with van der Waals surface area (Å²) in [7, 11) is -3.85. The van der Waals surface area contributed by atoms with Crippen molar-refractivity contribution in [1.29, 1.82) is 0 Å². The molecule has 13 heteroatoms. The van der Waals surface area contributed by atoms with Crippen LogP contribution in [0.5, 0.6) is 5.88 Å². The maximum Gasteiger partial charge on any atom is 0.306 e. The first-order chi connectivity index (χ1) is 23.6. The van der Waals surface area contributed by atoms with Gasteiger partial charge in [-0.2, -0.15) is 0 Å². The van der Waals surface area contributed by atoms with E-state index in [4.69, 9.17) is 9.47 Å². The zero-order chi connectivity index (χ0) is 36.0. The highest BCUT2D eigenvalue weighted by molar-refractivity contribution is 7.90. The number of nitrogens with one attached hydrogen (secondary N) is 1. The predicted octanol–water partition coefficient (Wildman–Crippen LogP) is 4.16. The van der Waals surface area contributed by atoms with Gasteiger partial charge in [0.2, 0.25) is 27.7 Å². The number of ether oxygens (including phenoxy) is 2. The van der Waals surface area contributed by atoms with Gasteiger partial charge in [0.05, 0.1) is 48.3 Å². The Labute approximate surface area is 293 Å². The van der Waals surface area contributed by atoms with Crippen molar-refractivity contribution in [2.45, 2.75) is 102 Å². The minimum Gasteiger partial charge on any atom is -0.472 e. The van der Waals surface area contributed by atoms with Crippen LogP contribution in [0.3, 0.4) is 0 Å². The number of benzene rings is 1. The fraction of sp³-hybridized carbons (Fsp3) is 0.595. The molecule has 1 aromatic heterocycles. The van der Waals surface area contributed by atoms with Gasteiger partial charge in [-0.05, 0) is 72.9 Å². The minimum atomic E-state index is -3.85. The van der Waals surface area contributed by atoms with Crippen LogP contribution < -0.4 is 9.46 Å². The number of carbonyl (C=O) groups is 4. The molecule has 1 aromatic carbocycles. The van der Waals surface area contributed by atoms with Gasteiger partial charge in [-0.25, -0.2) is 13.4 Å². The topological polar surface area (TPSA) is 169 Å². The molecule has 2 saturated carbocycles. The number of pyridine rings is 1. The number of cyclic esters (lactones) is 1. The lowest BCUT2D eigenvalue weighted by atomic mass is 9.77. The van der Waals surface area contributed by atoms with Crippen LogP contribution in [0.4, 0.5) is 0 Å². The van der Waals surface area contributed by atoms with Gasteiger partial charge in [0.25, 0.3) is 0 Å². The molecule has 3 fully saturated rings. The molecular weight excluding hydrogens is 662 g/mol. The fourth-order valence-corrected chi connectivity index (χ4v) is 8.73. The highest BCUT2D eigenvalue weighted by atomic mass is 32.2. The van der Waals surface area contributed by atoms with E-state index in [9.17, 15) is 32.7 Å². The van der Waals surface area contributed by atoms with Gasteiger partial charge in [0, 0.05) is 24.4 Å². The first kappa shape index (κ1) is 36.0. The van der Waals surface area contributed by atoms with Crippen LogP contribution in [-0.2, 0) is 33.9 Å². The molecule has 0 radical (unpaired) electrons. The number of hydrogen-bond donors (Lipinski definition) is 2. The number of amides is 2. The normalized spacial score (nSPS) is 29.4. The van der Waals surface area contributed by atoms with Gasteiger partial charge in [-0.15, -0.1) is 6.58 Å². The molecule has 1 unspecified atom stereocenters. The molecular formula is C37H47N3O9S. The van der Waals surface area contributed by atoms with E-state index < -0.39 is 79.8 Å². The third-order valence-electron chi connectivity index (χ3n) is 10.7. The highest BCUT2D eigenvalue weighted by Gasteiger charge is 2.61. The number of allylic oxidation sites excluding steroid dienone is 1. The van der Waals surface area contributed by atoms with Crippen molar-refractivity contribution in [2.75, 3.05) is 13.2 Å². The van der Waals surface area contributed by atoms with E-state index in [0.29, 0.717) is 48.9 Å². The first-order valence-corrected chi connectivity index (χ1v) is 19.1. The average Bonchev–Trinajstić information content (AvgIpc) is 3.99. The number of rotatable bonds is 7. The summed E-state index contributed by atoms with van der Waals surface area (Å²) in [4.78, 5) is 61.3. The molecule has 2 N–H and O–H groups in total. The van der Waals surface area contributed by atoms with E-state index in [-0.39, 0.29) is 38.8 Å². The van der Waals surface area contributed by atoms with Crippen LogP contribution in [0, 0.1) is 22.7 Å². The zero-order valence-electron chi connectivity index (χ0n) is 28.9. The number of aliphatic hydroxyl groups is 1. The molecule has 50 heavy (non-hydrogen) atoms. The number of sulfonamides is 1. The number of hydrogen-bond acceptors (Lipinski definition) is 10. The molecule has 2 aliphatic carbocycles. The number of carbonyl (C=O) groups excluding carboxylic acids is 4. The van der Waals surface area contributed by atoms with Crippen LogP contribution in [0.1, 0.15) is 90.2 Å². The van der Waals surface area contributed by atoms with Crippen LogP contribution >= 0.6 is 0 Å². The summed E-state index contributed by atoms with van der Waals surface area (Å²) in [5.74, 6) is -2.98. The Morgan fingerprint density at radius 2 is 1.92 bits per heavy atom. The second-order valence-electron chi connectivity index (χ2n) is 15.5. The predicted molar refractivity (Wildman–Crippen MR) is 184 cm³/mol. The quantitative estimate of drug-likeness (QED) is 0.315. The van der Waals surface area contributed by atoms with Gasteiger partial charge in [-0.3, -0.25) is 23.9 Å². The molecule has 4 bridgehead atoms. The summed E-state index contributed by atoms with van der Waals surface area (Å²) in [5.41, 5.74) is -1.28. The number of nitrogens with zero attached hydrogens (tertiary/aromatic N) is 2. The van der Waals surface area contributed by atoms with E-state index in [0.717, 1.165) is 5.39 Å². The zero-order valence-corrected chi connectivity index (χ0v) is 29.7. The number of aromatic nitrogens is 1. The Balaban J connectivity index is 1.33. The number of aliphatic hydroxyl groups excluding tert-OH is 1. The minimum absolute atomic E-state index is 0.0252. The van der Waals surface area contributed by atoms with Crippen molar-refractivity contribution < 1.29 is 42.2 Å². The summed E-state index contributed by atoms with van der Waals surface area (Å²) in [5, 5.41) is 11.9. The second-order valence-corrected chi connectivity index (χ2v) is 17.4. The summed E-state index contributed by atoms with van der Waals surface area (Å²) >= 11 is 0. The lowest BCUT2D eigenvalue weighted by Gasteiger charge is -2.34. The Hall–Kier alpha value is -3.84. The Morgan fingerprint density at radius 1 is 1.16 bits per heavy atom. The summed E-state index contributed by atoms with van der Waals surface area (Å²) in [6, 6.07) is 6.40. The fourth-order valence-electron chi connectivity index (χ4n) is 7.34. The highest BCUT2D eigenvalue weighted by Crippen LogP contribution is 2.57. The number of ketones is 1. The summed E-state index contributed by atoms with van der Waals surface area (Å²) < 4.78 is 39.6. The Kier molecular flexibility index (Phi) is 9.86. The smallest absolute Gasteiger partial charge is 0.306 e. The molecule has 4 aliphatic rings. The SMILES string of the molecule is C=C[C@@H]1C[C@]1(CC(=O)C1C[C@@H]2CN1C(=O)[C@H](C(C)(C)C)CC(=O)OCCCC[C@H](O)c1ccc3ccnc(c3c1)O2)C(=O)NS(=O)(=O)C1CC1. The summed E-state index contributed by atoms with van der Waals surface area (Å²) in [6.45, 7) is 9.54. The average molecular weight is 710 g/mol. The van der Waals surface area contributed by atoms with Gasteiger partial charge in [-0.1, -0.05) is 39.0 Å². The molecule has 6 atom stereocenters. The van der Waals surface area contributed by atoms with E-state index in [1.807, 2.05) is 45.0 Å². The van der Waals surface area contributed by atoms with Crippen molar-refractivity contribution in [2.24, 2.45) is 22.7 Å². The maximum absolute atomic E-state index is 14.5. The van der Waals surface area contributed by atoms with E-state index in [2.05, 4.69) is 16.3 Å². The Morgan fingerprint density at radius 3 is 2.60 bits per heavy atom. The van der Waals surface area contributed by atoms with Crippen LogP contribution in [0.2, 0.25) is 0 Å². The first-order valence-electron chi connectivity index (χ1n) is 17.5. The number of Topliss-reactive ketones (excluding diaryl/α,β-unsaturated/α-hetero) is 1. The van der Waals surface area contributed by atoms with E-state index in [1.54, 1.807) is 12.3 Å². The molecule has 3 heterocycles. The van der Waals surface area contributed by atoms with Crippen molar-refractivity contribution in [3.8, 4) is 5.88 Å². The van der Waals surface area contributed by atoms with Crippen molar-refractivity contribution >= 4 is 44.4 Å². The van der Waals surface area contributed by atoms with Gasteiger partial charge >= 0.3 is 5.97 Å². The van der Waals surface area contributed by atoms with Crippen molar-refractivity contribution in [3.63, 3.8) is 0 Å². The van der Waals surface area contributed by atoms with Crippen LogP contribution in [0.15, 0.2) is 43.1 Å². The van der Waals surface area contributed by atoms with Crippen molar-refractivity contribution in [3.05, 3.63) is 48.7 Å². The van der Waals surface area contributed by atoms with Gasteiger partial charge in [0.15, 0.2) is 5.78 Å². The molecule has 2 aromatic rings. The van der Waals surface area contributed by atoms with Gasteiger partial charge in [0.1, 0.15) is 6.10 Å². The molecule has 2 amide bonds. The van der Waals surface area contributed by atoms with Crippen molar-refractivity contribution in [1.82, 2.24) is 14.6 Å². The third kappa shape index (κ3) is 7.44. The molecule has 2 aliphatic heterocycles. The molecule has 270 valence electrons. The lowest BCUT2D eigenvalue weighted by molar-refractivity contribution is -0.153. The molecule has 6 rings (SSSR count). The van der Waals surface area contributed by atoms with Gasteiger partial charge < -0.3 is 19.5 Å². The Bertz CT molecular complexity index is 1800. The monoisotopic (exact) mass is 709 g/mol. The largest absolute Gasteiger partial charge is 0.472 e. The second kappa shape index (κ2) is 13.7. The summed E-state index contributed by atoms with van der Waals surface area (Å²) in [6.07, 6.45) is 4.22. The maximum atomic E-state index is 14.5. The molecule has 1 saturated heterocycles. The molecule has 0 spiro atoms. The van der Waals surface area contributed by atoms with Crippen LogP contribution in [-0.4, -0.2) is 77.5 Å². The lowest BCUT2D eigenvalue weighted by Crippen LogP contribution is -2.48. The number of esters is 1. The standard InChI is InChI=1S/C37H47N3O9S/c1-5-24-19-37(24,35(45)39-50(46,47)26-11-12-26)20-31(42)29-17-25-21-40(29)34(44)28(36(2,3)4)18-32(43)48-15-7-6-8-30(41)23-10-9-22-13-14-38-33(49-25)27(22)16-23/h5,9-10,13-14,16,24-26,28-30,41H,1,6-8,11-12,15,17-21H2,2-4H3,(H,39,45)/t24-,25-,28-,29?,30+,37-/m1/s1. The van der Waals surface area contributed by atoms with E-state index in [1.165, 1.54) is 4.90 Å².